The summed E-state index contributed by atoms with van der Waals surface area (Å²) in [5.41, 5.74) is 1.98. The minimum atomic E-state index is -0.0214. The van der Waals surface area contributed by atoms with Gasteiger partial charge in [0.05, 0.1) is 31.2 Å². The second-order valence-electron chi connectivity index (χ2n) is 6.37. The van der Waals surface area contributed by atoms with Crippen molar-refractivity contribution in [2.24, 2.45) is 0 Å². The molecule has 0 bridgehead atoms. The average molecular weight is 395 g/mol. The van der Waals surface area contributed by atoms with Crippen molar-refractivity contribution >= 4 is 17.7 Å². The number of imidazole rings is 1. The van der Waals surface area contributed by atoms with Gasteiger partial charge in [0.1, 0.15) is 11.5 Å². The summed E-state index contributed by atoms with van der Waals surface area (Å²) in [6.45, 7) is 0.606. The Balaban J connectivity index is 1.41. The van der Waals surface area contributed by atoms with Gasteiger partial charge in [-0.15, -0.1) is 0 Å². The molecule has 1 aromatic heterocycles. The lowest BCUT2D eigenvalue weighted by Crippen LogP contribution is -2.33. The second-order valence-corrected chi connectivity index (χ2v) is 7.31. The van der Waals surface area contributed by atoms with E-state index in [0.717, 1.165) is 34.3 Å². The molecule has 0 aliphatic carbocycles. The summed E-state index contributed by atoms with van der Waals surface area (Å²) in [7, 11) is 1.64. The number of carbonyl (C=O) groups is 1. The van der Waals surface area contributed by atoms with E-state index in [1.54, 1.807) is 13.3 Å². The van der Waals surface area contributed by atoms with Crippen molar-refractivity contribution in [2.45, 2.75) is 17.6 Å². The SMILES string of the molecule is COc1cccc(-n2ccnc2SCC(=O)N[C@H]2CCOc3ccccc32)c1. The highest BCUT2D eigenvalue weighted by molar-refractivity contribution is 7.99. The van der Waals surface area contributed by atoms with Crippen LogP contribution in [0, 0.1) is 0 Å². The van der Waals surface area contributed by atoms with Crippen molar-refractivity contribution in [1.29, 1.82) is 0 Å². The minimum absolute atomic E-state index is 0.0174. The molecule has 0 fully saturated rings. The van der Waals surface area contributed by atoms with Crippen LogP contribution in [-0.4, -0.2) is 34.9 Å². The number of thioether (sulfide) groups is 1. The Morgan fingerprint density at radius 3 is 3.11 bits per heavy atom. The van der Waals surface area contributed by atoms with E-state index in [1.165, 1.54) is 11.8 Å². The van der Waals surface area contributed by atoms with Crippen LogP contribution >= 0.6 is 11.8 Å². The van der Waals surface area contributed by atoms with Gasteiger partial charge in [-0.05, 0) is 18.2 Å². The monoisotopic (exact) mass is 395 g/mol. The highest BCUT2D eigenvalue weighted by Crippen LogP contribution is 2.31. The Hall–Kier alpha value is -2.93. The van der Waals surface area contributed by atoms with Gasteiger partial charge in [-0.3, -0.25) is 9.36 Å². The quantitative estimate of drug-likeness (QED) is 0.646. The number of hydrogen-bond acceptors (Lipinski definition) is 5. The summed E-state index contributed by atoms with van der Waals surface area (Å²) in [5.74, 6) is 1.89. The molecule has 4 rings (SSSR count). The standard InChI is InChI=1S/C21H21N3O3S/c1-26-16-6-4-5-15(13-16)24-11-10-22-21(24)28-14-20(25)23-18-9-12-27-19-8-3-2-7-17(18)19/h2-8,10-11,13,18H,9,12,14H2,1H3,(H,23,25)/t18-/m0/s1. The first-order chi connectivity index (χ1) is 13.7. The number of para-hydroxylation sites is 1. The average Bonchev–Trinajstić information content (AvgIpc) is 3.21. The molecule has 0 spiro atoms. The summed E-state index contributed by atoms with van der Waals surface area (Å²) in [6, 6.07) is 15.6. The fourth-order valence-corrected chi connectivity index (χ4v) is 4.00. The molecule has 1 amide bonds. The highest BCUT2D eigenvalue weighted by Gasteiger charge is 2.22. The Labute approximate surface area is 167 Å². The van der Waals surface area contributed by atoms with Gasteiger partial charge in [-0.2, -0.15) is 0 Å². The number of rotatable bonds is 6. The molecule has 3 aromatic rings. The predicted octanol–water partition coefficient (Wildman–Crippen LogP) is 3.61. The molecular weight excluding hydrogens is 374 g/mol. The van der Waals surface area contributed by atoms with Gasteiger partial charge in [-0.25, -0.2) is 4.98 Å². The number of nitrogens with zero attached hydrogens (tertiary/aromatic N) is 2. The molecule has 0 saturated heterocycles. The van der Waals surface area contributed by atoms with Crippen LogP contribution in [-0.2, 0) is 4.79 Å². The van der Waals surface area contributed by atoms with E-state index >= 15 is 0 Å². The van der Waals surface area contributed by atoms with Crippen LogP contribution in [0.1, 0.15) is 18.0 Å². The summed E-state index contributed by atoms with van der Waals surface area (Å²) in [4.78, 5) is 16.9. The van der Waals surface area contributed by atoms with Crippen LogP contribution in [0.15, 0.2) is 66.1 Å². The van der Waals surface area contributed by atoms with E-state index in [9.17, 15) is 4.79 Å². The molecular formula is C21H21N3O3S. The maximum Gasteiger partial charge on any atom is 0.230 e. The van der Waals surface area contributed by atoms with Crippen molar-refractivity contribution in [3.63, 3.8) is 0 Å². The number of amides is 1. The number of carbonyl (C=O) groups excluding carboxylic acids is 1. The fraction of sp³-hybridized carbons (Fsp3) is 0.238. The third kappa shape index (κ3) is 3.99. The molecule has 144 valence electrons. The number of nitrogens with one attached hydrogen (secondary N) is 1. The Morgan fingerprint density at radius 1 is 1.32 bits per heavy atom. The molecule has 0 unspecified atom stereocenters. The first-order valence-electron chi connectivity index (χ1n) is 9.06. The smallest absolute Gasteiger partial charge is 0.230 e. The van der Waals surface area contributed by atoms with Crippen LogP contribution in [0.3, 0.4) is 0 Å². The lowest BCUT2D eigenvalue weighted by Gasteiger charge is -2.26. The van der Waals surface area contributed by atoms with Crippen LogP contribution in [0.4, 0.5) is 0 Å². The second kappa shape index (κ2) is 8.39. The normalized spacial score (nSPS) is 15.4. The summed E-state index contributed by atoms with van der Waals surface area (Å²) >= 11 is 1.41. The van der Waals surface area contributed by atoms with E-state index in [1.807, 2.05) is 59.3 Å². The number of benzene rings is 2. The van der Waals surface area contributed by atoms with E-state index < -0.39 is 0 Å². The van der Waals surface area contributed by atoms with E-state index in [2.05, 4.69) is 10.3 Å². The highest BCUT2D eigenvalue weighted by atomic mass is 32.2. The zero-order valence-electron chi connectivity index (χ0n) is 15.5. The van der Waals surface area contributed by atoms with Crippen LogP contribution < -0.4 is 14.8 Å². The van der Waals surface area contributed by atoms with Gasteiger partial charge < -0.3 is 14.8 Å². The lowest BCUT2D eigenvalue weighted by molar-refractivity contribution is -0.119. The van der Waals surface area contributed by atoms with Gasteiger partial charge in [0.2, 0.25) is 5.91 Å². The molecule has 1 N–H and O–H groups in total. The molecule has 0 saturated carbocycles. The van der Waals surface area contributed by atoms with Crippen molar-refractivity contribution < 1.29 is 14.3 Å². The topological polar surface area (TPSA) is 65.4 Å². The molecule has 28 heavy (non-hydrogen) atoms. The molecule has 1 aliphatic heterocycles. The molecule has 7 heteroatoms. The third-order valence-electron chi connectivity index (χ3n) is 4.56. The fourth-order valence-electron chi connectivity index (χ4n) is 3.21. The molecule has 6 nitrogen and oxygen atoms in total. The van der Waals surface area contributed by atoms with Crippen LogP contribution in [0.2, 0.25) is 0 Å². The minimum Gasteiger partial charge on any atom is -0.497 e. The zero-order valence-corrected chi connectivity index (χ0v) is 16.3. The molecule has 1 aliphatic rings. The van der Waals surface area contributed by atoms with Crippen molar-refractivity contribution in [1.82, 2.24) is 14.9 Å². The maximum absolute atomic E-state index is 12.5. The number of aromatic nitrogens is 2. The number of fused-ring (bicyclic) bond motifs is 1. The number of methoxy groups -OCH3 is 1. The molecule has 1 atom stereocenters. The van der Waals surface area contributed by atoms with Gasteiger partial charge in [0.25, 0.3) is 0 Å². The Morgan fingerprint density at radius 2 is 2.21 bits per heavy atom. The van der Waals surface area contributed by atoms with Crippen LogP contribution in [0.5, 0.6) is 11.5 Å². The summed E-state index contributed by atoms with van der Waals surface area (Å²) in [6.07, 6.45) is 4.38. The van der Waals surface area contributed by atoms with E-state index in [4.69, 9.17) is 9.47 Å². The lowest BCUT2D eigenvalue weighted by atomic mass is 10.0. The molecule has 2 heterocycles. The van der Waals surface area contributed by atoms with Gasteiger partial charge in [-0.1, -0.05) is 36.0 Å². The first-order valence-corrected chi connectivity index (χ1v) is 10.0. The van der Waals surface area contributed by atoms with Gasteiger partial charge in [0.15, 0.2) is 5.16 Å². The molecule has 2 aromatic carbocycles. The third-order valence-corrected chi connectivity index (χ3v) is 5.53. The maximum atomic E-state index is 12.5. The van der Waals surface area contributed by atoms with Crippen molar-refractivity contribution in [3.8, 4) is 17.2 Å². The zero-order chi connectivity index (χ0) is 19.3. The summed E-state index contributed by atoms with van der Waals surface area (Å²) < 4.78 is 12.9. The van der Waals surface area contributed by atoms with E-state index in [0.29, 0.717) is 12.4 Å². The predicted molar refractivity (Wildman–Crippen MR) is 108 cm³/mol. The Bertz CT molecular complexity index is 973. The molecule has 0 radical (unpaired) electrons. The van der Waals surface area contributed by atoms with Crippen LogP contribution in [0.25, 0.3) is 5.69 Å². The van der Waals surface area contributed by atoms with Crippen molar-refractivity contribution in [2.75, 3.05) is 19.5 Å². The Kier molecular flexibility index (Phi) is 5.53. The first kappa shape index (κ1) is 18.4. The summed E-state index contributed by atoms with van der Waals surface area (Å²) in [5, 5.41) is 3.88. The van der Waals surface area contributed by atoms with Crippen molar-refractivity contribution in [3.05, 3.63) is 66.5 Å². The number of hydrogen-bond donors (Lipinski definition) is 1. The largest absolute Gasteiger partial charge is 0.497 e. The van der Waals surface area contributed by atoms with E-state index in [-0.39, 0.29) is 11.9 Å². The number of ether oxygens (including phenoxy) is 2. The van der Waals surface area contributed by atoms with Gasteiger partial charge in [0, 0.05) is 30.4 Å². The van der Waals surface area contributed by atoms with Gasteiger partial charge >= 0.3 is 0 Å².